The van der Waals surface area contributed by atoms with Gasteiger partial charge in [-0.2, -0.15) is 0 Å². The highest BCUT2D eigenvalue weighted by atomic mass is 32.1. The van der Waals surface area contributed by atoms with E-state index in [1.54, 1.807) is 32.4 Å². The zero-order valence-corrected chi connectivity index (χ0v) is 15.7. The molecule has 1 aliphatic rings. The minimum atomic E-state index is -0.114. The van der Waals surface area contributed by atoms with E-state index in [1.165, 1.54) is 10.4 Å². The number of methoxy groups -OCH3 is 2. The molecule has 25 heavy (non-hydrogen) atoms. The number of hydrogen-bond donors (Lipinski definition) is 1. The van der Waals surface area contributed by atoms with Crippen LogP contribution in [0.25, 0.3) is 0 Å². The Morgan fingerprint density at radius 1 is 1.28 bits per heavy atom. The van der Waals surface area contributed by atoms with E-state index >= 15 is 0 Å². The van der Waals surface area contributed by atoms with E-state index in [9.17, 15) is 4.79 Å². The third kappa shape index (κ3) is 4.14. The molecule has 2 heterocycles. The number of nitrogens with zero attached hydrogens (tertiary/aromatic N) is 1. The van der Waals surface area contributed by atoms with Gasteiger partial charge < -0.3 is 14.8 Å². The predicted octanol–water partition coefficient (Wildman–Crippen LogP) is 2.94. The van der Waals surface area contributed by atoms with Gasteiger partial charge in [0.15, 0.2) is 0 Å². The van der Waals surface area contributed by atoms with Gasteiger partial charge in [-0.25, -0.2) is 0 Å². The SMILES string of the molecule is COc1cc(OC)cc(C(=O)NCC(C)N2CCc3sccc3C2)c1. The summed E-state index contributed by atoms with van der Waals surface area (Å²) in [5.74, 6) is 1.11. The van der Waals surface area contributed by atoms with Crippen LogP contribution in [-0.4, -0.2) is 44.2 Å². The number of carbonyl (C=O) groups excluding carboxylic acids is 1. The number of thiophene rings is 1. The summed E-state index contributed by atoms with van der Waals surface area (Å²) in [6, 6.07) is 7.69. The van der Waals surface area contributed by atoms with Crippen LogP contribution < -0.4 is 14.8 Å². The van der Waals surface area contributed by atoms with Crippen LogP contribution in [0, 0.1) is 0 Å². The van der Waals surface area contributed by atoms with Crippen molar-refractivity contribution in [3.05, 3.63) is 45.6 Å². The topological polar surface area (TPSA) is 50.8 Å². The molecule has 0 spiro atoms. The quantitative estimate of drug-likeness (QED) is 0.861. The molecule has 3 rings (SSSR count). The van der Waals surface area contributed by atoms with Crippen molar-refractivity contribution >= 4 is 17.2 Å². The number of ether oxygens (including phenoxy) is 2. The van der Waals surface area contributed by atoms with Crippen LogP contribution in [-0.2, 0) is 13.0 Å². The Labute approximate surface area is 152 Å². The number of amides is 1. The maximum Gasteiger partial charge on any atom is 0.251 e. The average Bonchev–Trinajstić information content (AvgIpc) is 3.12. The minimum Gasteiger partial charge on any atom is -0.497 e. The number of hydrogen-bond acceptors (Lipinski definition) is 5. The second kappa shape index (κ2) is 7.89. The summed E-state index contributed by atoms with van der Waals surface area (Å²) in [7, 11) is 3.15. The molecule has 0 aliphatic carbocycles. The third-order valence-corrected chi connectivity index (χ3v) is 5.66. The fraction of sp³-hybridized carbons (Fsp3) is 0.421. The molecule has 1 unspecified atom stereocenters. The van der Waals surface area contributed by atoms with Crippen molar-refractivity contribution < 1.29 is 14.3 Å². The first kappa shape index (κ1) is 17.8. The van der Waals surface area contributed by atoms with Crippen LogP contribution in [0.3, 0.4) is 0 Å². The Kier molecular flexibility index (Phi) is 5.60. The summed E-state index contributed by atoms with van der Waals surface area (Å²) >= 11 is 1.84. The van der Waals surface area contributed by atoms with Gasteiger partial charge >= 0.3 is 0 Å². The predicted molar refractivity (Wildman–Crippen MR) is 99.8 cm³/mol. The second-order valence-corrected chi connectivity index (χ2v) is 7.25. The summed E-state index contributed by atoms with van der Waals surface area (Å²) in [6.45, 7) is 4.77. The van der Waals surface area contributed by atoms with Gasteiger partial charge in [0.05, 0.1) is 14.2 Å². The number of benzene rings is 1. The van der Waals surface area contributed by atoms with Crippen LogP contribution >= 0.6 is 11.3 Å². The molecule has 0 saturated carbocycles. The molecular weight excluding hydrogens is 336 g/mol. The van der Waals surface area contributed by atoms with Gasteiger partial charge in [0, 0.05) is 42.2 Å². The molecule has 0 radical (unpaired) electrons. The molecule has 0 fully saturated rings. The first-order valence-corrected chi connectivity index (χ1v) is 9.29. The van der Waals surface area contributed by atoms with E-state index in [0.29, 0.717) is 23.6 Å². The number of fused-ring (bicyclic) bond motifs is 1. The lowest BCUT2D eigenvalue weighted by atomic mass is 10.1. The van der Waals surface area contributed by atoms with E-state index < -0.39 is 0 Å². The maximum absolute atomic E-state index is 12.5. The van der Waals surface area contributed by atoms with Crippen molar-refractivity contribution in [3.8, 4) is 11.5 Å². The number of rotatable bonds is 6. The third-order valence-electron chi connectivity index (χ3n) is 4.63. The summed E-state index contributed by atoms with van der Waals surface area (Å²) in [4.78, 5) is 16.4. The molecule has 6 heteroatoms. The molecule has 1 N–H and O–H groups in total. The molecule has 1 atom stereocenters. The van der Waals surface area contributed by atoms with Crippen molar-refractivity contribution in [2.45, 2.75) is 25.9 Å². The highest BCUT2D eigenvalue weighted by Gasteiger charge is 2.22. The van der Waals surface area contributed by atoms with Gasteiger partial charge in [-0.05, 0) is 42.5 Å². The highest BCUT2D eigenvalue weighted by molar-refractivity contribution is 7.10. The first-order valence-electron chi connectivity index (χ1n) is 8.41. The van der Waals surface area contributed by atoms with Crippen LogP contribution in [0.2, 0.25) is 0 Å². The van der Waals surface area contributed by atoms with Crippen LogP contribution in [0.1, 0.15) is 27.7 Å². The van der Waals surface area contributed by atoms with E-state index in [-0.39, 0.29) is 11.9 Å². The normalized spacial score (nSPS) is 15.3. The molecule has 134 valence electrons. The van der Waals surface area contributed by atoms with Crippen molar-refractivity contribution in [2.24, 2.45) is 0 Å². The molecule has 1 amide bonds. The lowest BCUT2D eigenvalue weighted by Crippen LogP contribution is -2.44. The summed E-state index contributed by atoms with van der Waals surface area (Å²) in [5.41, 5.74) is 1.97. The molecule has 0 saturated heterocycles. The molecule has 1 aromatic carbocycles. The molecular formula is C19H24N2O3S. The smallest absolute Gasteiger partial charge is 0.251 e. The van der Waals surface area contributed by atoms with Gasteiger partial charge in [-0.1, -0.05) is 0 Å². The summed E-state index contributed by atoms with van der Waals surface area (Å²) < 4.78 is 10.5. The average molecular weight is 360 g/mol. The Bertz CT molecular complexity index is 722. The summed E-state index contributed by atoms with van der Waals surface area (Å²) in [5, 5.41) is 5.19. The van der Waals surface area contributed by atoms with Crippen LogP contribution in [0.15, 0.2) is 29.6 Å². The second-order valence-electron chi connectivity index (χ2n) is 6.25. The van der Waals surface area contributed by atoms with E-state index in [0.717, 1.165) is 19.5 Å². The Morgan fingerprint density at radius 2 is 2.00 bits per heavy atom. The number of nitrogens with one attached hydrogen (secondary N) is 1. The molecule has 5 nitrogen and oxygen atoms in total. The van der Waals surface area contributed by atoms with Crippen LogP contribution in [0.4, 0.5) is 0 Å². The lowest BCUT2D eigenvalue weighted by Gasteiger charge is -2.32. The van der Waals surface area contributed by atoms with Crippen LogP contribution in [0.5, 0.6) is 11.5 Å². The highest BCUT2D eigenvalue weighted by Crippen LogP contribution is 2.25. The lowest BCUT2D eigenvalue weighted by molar-refractivity contribution is 0.0932. The molecule has 1 aromatic heterocycles. The van der Waals surface area contributed by atoms with E-state index in [2.05, 4.69) is 28.6 Å². The van der Waals surface area contributed by atoms with Gasteiger partial charge in [0.2, 0.25) is 0 Å². The zero-order chi connectivity index (χ0) is 17.8. The molecule has 0 bridgehead atoms. The maximum atomic E-state index is 12.5. The first-order chi connectivity index (χ1) is 12.1. The monoisotopic (exact) mass is 360 g/mol. The Morgan fingerprint density at radius 3 is 2.68 bits per heavy atom. The Hall–Kier alpha value is -2.05. The fourth-order valence-electron chi connectivity index (χ4n) is 3.06. The minimum absolute atomic E-state index is 0.114. The Balaban J connectivity index is 1.59. The largest absolute Gasteiger partial charge is 0.497 e. The van der Waals surface area contributed by atoms with Gasteiger partial charge in [-0.15, -0.1) is 11.3 Å². The zero-order valence-electron chi connectivity index (χ0n) is 14.9. The van der Waals surface area contributed by atoms with Crippen molar-refractivity contribution in [2.75, 3.05) is 27.3 Å². The van der Waals surface area contributed by atoms with Crippen molar-refractivity contribution in [1.29, 1.82) is 0 Å². The standard InChI is InChI=1S/C19H24N2O3S/c1-13(21-6-4-18-14(12-21)5-7-25-18)11-20-19(22)15-8-16(23-2)10-17(9-15)24-3/h5,7-10,13H,4,6,11-12H2,1-3H3,(H,20,22). The molecule has 2 aromatic rings. The number of carbonyl (C=O) groups is 1. The fourth-order valence-corrected chi connectivity index (χ4v) is 3.95. The van der Waals surface area contributed by atoms with Gasteiger partial charge in [0.1, 0.15) is 11.5 Å². The van der Waals surface area contributed by atoms with E-state index in [1.807, 2.05) is 11.3 Å². The van der Waals surface area contributed by atoms with E-state index in [4.69, 9.17) is 9.47 Å². The molecule has 1 aliphatic heterocycles. The summed E-state index contributed by atoms with van der Waals surface area (Å²) in [6.07, 6.45) is 1.10. The van der Waals surface area contributed by atoms with Crippen molar-refractivity contribution in [1.82, 2.24) is 10.2 Å². The van der Waals surface area contributed by atoms with Crippen molar-refractivity contribution in [3.63, 3.8) is 0 Å². The van der Waals surface area contributed by atoms with Gasteiger partial charge in [-0.3, -0.25) is 9.69 Å². The van der Waals surface area contributed by atoms with Gasteiger partial charge in [0.25, 0.3) is 5.91 Å².